The van der Waals surface area contributed by atoms with Crippen LogP contribution in [0.3, 0.4) is 0 Å². The predicted octanol–water partition coefficient (Wildman–Crippen LogP) is 3.72. The Morgan fingerprint density at radius 3 is 2.74 bits per heavy atom. The number of amides is 1. The van der Waals surface area contributed by atoms with Gasteiger partial charge < -0.3 is 10.1 Å². The molecule has 2 aromatic carbocycles. The van der Waals surface area contributed by atoms with E-state index in [1.54, 1.807) is 0 Å². The Kier molecular flexibility index (Phi) is 8.03. The van der Waals surface area contributed by atoms with Crippen molar-refractivity contribution in [2.24, 2.45) is 5.92 Å². The minimum absolute atomic E-state index is 0.0369. The van der Waals surface area contributed by atoms with Crippen molar-refractivity contribution in [3.05, 3.63) is 59.9 Å². The number of ether oxygens (including phenoxy) is 1. The molecule has 1 atom stereocenters. The Labute approximate surface area is 183 Å². The molecular weight excluding hydrogens is 419 g/mol. The Morgan fingerprint density at radius 2 is 2.00 bits per heavy atom. The van der Waals surface area contributed by atoms with Gasteiger partial charge in [0.1, 0.15) is 11.6 Å². The third kappa shape index (κ3) is 6.27. The van der Waals surface area contributed by atoms with E-state index in [4.69, 9.17) is 4.74 Å². The first-order valence-electron chi connectivity index (χ1n) is 10.7. The zero-order valence-electron chi connectivity index (χ0n) is 17.7. The number of piperidine rings is 1. The Morgan fingerprint density at radius 1 is 1.23 bits per heavy atom. The molecule has 168 valence electrons. The Balaban J connectivity index is 1.57. The Bertz CT molecular complexity index is 979. The van der Waals surface area contributed by atoms with Crippen LogP contribution in [0.25, 0.3) is 0 Å². The lowest BCUT2D eigenvalue weighted by atomic mass is 9.99. The zero-order chi connectivity index (χ0) is 22.3. The summed E-state index contributed by atoms with van der Waals surface area (Å²) in [6.07, 6.45) is 3.27. The van der Waals surface area contributed by atoms with Gasteiger partial charge in [-0.25, -0.2) is 12.8 Å². The molecular formula is C23H29FN2O4S. The second-order valence-corrected chi connectivity index (χ2v) is 9.66. The maximum atomic E-state index is 13.1. The van der Waals surface area contributed by atoms with Gasteiger partial charge in [-0.3, -0.25) is 4.79 Å². The standard InChI is InChI=1S/C23H29FN2O4S/c1-2-3-14-30-21-8-4-6-18(15-21)16-25-23(27)19-7-5-13-26(17-19)31(28,29)22-11-9-20(24)10-12-22/h4,6,8-12,15,19H,2-3,5,7,13-14,16-17H2,1H3,(H,25,27). The van der Waals surface area contributed by atoms with Crippen molar-refractivity contribution in [2.75, 3.05) is 19.7 Å². The number of hydrogen-bond donors (Lipinski definition) is 1. The molecule has 3 rings (SSSR count). The van der Waals surface area contributed by atoms with Gasteiger partial charge in [-0.15, -0.1) is 0 Å². The fraction of sp³-hybridized carbons (Fsp3) is 0.435. The topological polar surface area (TPSA) is 75.7 Å². The van der Waals surface area contributed by atoms with E-state index in [9.17, 15) is 17.6 Å². The summed E-state index contributed by atoms with van der Waals surface area (Å²) >= 11 is 0. The molecule has 1 amide bonds. The van der Waals surface area contributed by atoms with E-state index in [0.717, 1.165) is 36.3 Å². The molecule has 1 saturated heterocycles. The van der Waals surface area contributed by atoms with Crippen LogP contribution in [0.5, 0.6) is 5.75 Å². The van der Waals surface area contributed by atoms with Crippen LogP contribution < -0.4 is 10.1 Å². The molecule has 0 spiro atoms. The van der Waals surface area contributed by atoms with E-state index >= 15 is 0 Å². The molecule has 31 heavy (non-hydrogen) atoms. The number of nitrogens with zero attached hydrogens (tertiary/aromatic N) is 1. The SMILES string of the molecule is CCCCOc1cccc(CNC(=O)C2CCCN(S(=O)(=O)c3ccc(F)cc3)C2)c1. The average molecular weight is 449 g/mol. The third-order valence-corrected chi connectivity index (χ3v) is 7.22. The molecule has 6 nitrogen and oxygen atoms in total. The van der Waals surface area contributed by atoms with Gasteiger partial charge in [0.2, 0.25) is 15.9 Å². The van der Waals surface area contributed by atoms with Crippen molar-refractivity contribution in [1.29, 1.82) is 0 Å². The number of carbonyl (C=O) groups is 1. The van der Waals surface area contributed by atoms with Crippen molar-refractivity contribution >= 4 is 15.9 Å². The molecule has 1 unspecified atom stereocenters. The van der Waals surface area contributed by atoms with E-state index in [1.807, 2.05) is 24.3 Å². The maximum absolute atomic E-state index is 13.1. The van der Waals surface area contributed by atoms with Gasteiger partial charge in [0.25, 0.3) is 0 Å². The van der Waals surface area contributed by atoms with Gasteiger partial charge in [0.15, 0.2) is 0 Å². The van der Waals surface area contributed by atoms with Gasteiger partial charge >= 0.3 is 0 Å². The lowest BCUT2D eigenvalue weighted by Crippen LogP contribution is -2.45. The molecule has 0 bridgehead atoms. The highest BCUT2D eigenvalue weighted by Crippen LogP contribution is 2.24. The average Bonchev–Trinajstić information content (AvgIpc) is 2.78. The Hall–Kier alpha value is -2.45. The van der Waals surface area contributed by atoms with Gasteiger partial charge in [-0.05, 0) is 61.2 Å². The second-order valence-electron chi connectivity index (χ2n) is 7.72. The zero-order valence-corrected chi connectivity index (χ0v) is 18.5. The van der Waals surface area contributed by atoms with Crippen LogP contribution >= 0.6 is 0 Å². The van der Waals surface area contributed by atoms with Crippen LogP contribution in [0.4, 0.5) is 4.39 Å². The van der Waals surface area contributed by atoms with Gasteiger partial charge in [-0.2, -0.15) is 4.31 Å². The molecule has 0 saturated carbocycles. The van der Waals surface area contributed by atoms with Crippen LogP contribution in [0, 0.1) is 11.7 Å². The molecule has 1 aliphatic rings. The van der Waals surface area contributed by atoms with Gasteiger partial charge in [0, 0.05) is 19.6 Å². The minimum atomic E-state index is -3.76. The molecule has 1 N–H and O–H groups in total. The van der Waals surface area contributed by atoms with Crippen LogP contribution in [0.1, 0.15) is 38.2 Å². The van der Waals surface area contributed by atoms with E-state index in [2.05, 4.69) is 12.2 Å². The molecule has 1 fully saturated rings. The van der Waals surface area contributed by atoms with Crippen molar-refractivity contribution in [2.45, 2.75) is 44.0 Å². The number of halogens is 1. The molecule has 0 aliphatic carbocycles. The summed E-state index contributed by atoms with van der Waals surface area (Å²) in [5.74, 6) is -0.312. The number of carbonyl (C=O) groups excluding carboxylic acids is 1. The predicted molar refractivity (Wildman–Crippen MR) is 117 cm³/mol. The van der Waals surface area contributed by atoms with Gasteiger partial charge in [0.05, 0.1) is 17.4 Å². The van der Waals surface area contributed by atoms with E-state index in [1.165, 1.54) is 16.4 Å². The molecule has 2 aromatic rings. The quantitative estimate of drug-likeness (QED) is 0.593. The lowest BCUT2D eigenvalue weighted by molar-refractivity contribution is -0.126. The molecule has 0 radical (unpaired) electrons. The largest absolute Gasteiger partial charge is 0.494 e. The molecule has 0 aromatic heterocycles. The number of benzene rings is 2. The molecule has 1 heterocycles. The van der Waals surface area contributed by atoms with Crippen LogP contribution in [-0.2, 0) is 21.4 Å². The van der Waals surface area contributed by atoms with Crippen LogP contribution in [-0.4, -0.2) is 38.3 Å². The first-order valence-corrected chi connectivity index (χ1v) is 12.1. The number of unbranched alkanes of at least 4 members (excludes halogenated alkanes) is 1. The summed E-state index contributed by atoms with van der Waals surface area (Å²) in [5.41, 5.74) is 0.925. The summed E-state index contributed by atoms with van der Waals surface area (Å²) in [7, 11) is -3.76. The summed E-state index contributed by atoms with van der Waals surface area (Å²) in [6.45, 7) is 3.58. The maximum Gasteiger partial charge on any atom is 0.243 e. The monoisotopic (exact) mass is 448 g/mol. The fourth-order valence-corrected chi connectivity index (χ4v) is 5.07. The van der Waals surface area contributed by atoms with Crippen molar-refractivity contribution < 1.29 is 22.3 Å². The fourth-order valence-electron chi connectivity index (χ4n) is 3.54. The van der Waals surface area contributed by atoms with Crippen molar-refractivity contribution in [3.8, 4) is 5.75 Å². The smallest absolute Gasteiger partial charge is 0.243 e. The number of nitrogens with one attached hydrogen (secondary N) is 1. The third-order valence-electron chi connectivity index (χ3n) is 5.34. The first-order chi connectivity index (χ1) is 14.9. The van der Waals surface area contributed by atoms with E-state index in [0.29, 0.717) is 32.5 Å². The number of hydrogen-bond acceptors (Lipinski definition) is 4. The van der Waals surface area contributed by atoms with E-state index < -0.39 is 21.8 Å². The van der Waals surface area contributed by atoms with Crippen molar-refractivity contribution in [1.82, 2.24) is 9.62 Å². The van der Waals surface area contributed by atoms with Crippen LogP contribution in [0.2, 0.25) is 0 Å². The highest BCUT2D eigenvalue weighted by molar-refractivity contribution is 7.89. The second kappa shape index (κ2) is 10.7. The summed E-state index contributed by atoms with van der Waals surface area (Å²) < 4.78 is 45.9. The molecule has 8 heteroatoms. The van der Waals surface area contributed by atoms with Crippen molar-refractivity contribution in [3.63, 3.8) is 0 Å². The number of rotatable bonds is 9. The van der Waals surface area contributed by atoms with Gasteiger partial charge in [-0.1, -0.05) is 25.5 Å². The normalized spacial score (nSPS) is 17.3. The lowest BCUT2D eigenvalue weighted by Gasteiger charge is -2.31. The minimum Gasteiger partial charge on any atom is -0.494 e. The highest BCUT2D eigenvalue weighted by Gasteiger charge is 2.33. The summed E-state index contributed by atoms with van der Waals surface area (Å²) in [5, 5.41) is 2.92. The van der Waals surface area contributed by atoms with E-state index in [-0.39, 0.29) is 17.3 Å². The van der Waals surface area contributed by atoms with Crippen LogP contribution in [0.15, 0.2) is 53.4 Å². The number of sulfonamides is 1. The first kappa shape index (κ1) is 23.2. The summed E-state index contributed by atoms with van der Waals surface area (Å²) in [4.78, 5) is 12.7. The highest BCUT2D eigenvalue weighted by atomic mass is 32.2. The molecule has 1 aliphatic heterocycles. The summed E-state index contributed by atoms with van der Waals surface area (Å²) in [6, 6.07) is 12.4.